The molecule has 0 bridgehead atoms. The van der Waals surface area contributed by atoms with Crippen LogP contribution in [0.15, 0.2) is 0 Å². The molecule has 0 spiro atoms. The Kier molecular flexibility index (Phi) is 5.24. The molecule has 72 valence electrons. The Bertz CT molecular complexity index is 110. The molecule has 0 amide bonds. The SMILES string of the molecule is CC(CCBr)NCC1CCCC1. The third-order valence-electron chi connectivity index (χ3n) is 2.77. The van der Waals surface area contributed by atoms with Crippen molar-refractivity contribution in [3.63, 3.8) is 0 Å². The van der Waals surface area contributed by atoms with Crippen molar-refractivity contribution in [2.24, 2.45) is 5.92 Å². The largest absolute Gasteiger partial charge is 0.314 e. The fourth-order valence-corrected chi connectivity index (χ4v) is 2.53. The standard InChI is InChI=1S/C10H20BrN/c1-9(6-7-11)12-8-10-4-2-3-5-10/h9-10,12H,2-8H2,1H3. The first-order chi connectivity index (χ1) is 5.83. The van der Waals surface area contributed by atoms with E-state index in [2.05, 4.69) is 28.2 Å². The second kappa shape index (κ2) is 5.98. The van der Waals surface area contributed by atoms with E-state index in [0.29, 0.717) is 6.04 Å². The van der Waals surface area contributed by atoms with E-state index in [-0.39, 0.29) is 0 Å². The Labute approximate surface area is 84.4 Å². The minimum absolute atomic E-state index is 0.685. The lowest BCUT2D eigenvalue weighted by atomic mass is 10.1. The molecule has 1 aliphatic rings. The van der Waals surface area contributed by atoms with Gasteiger partial charge in [0.15, 0.2) is 0 Å². The number of halogens is 1. The number of alkyl halides is 1. The van der Waals surface area contributed by atoms with Gasteiger partial charge in [-0.1, -0.05) is 28.8 Å². The topological polar surface area (TPSA) is 12.0 Å². The molecule has 0 aliphatic heterocycles. The van der Waals surface area contributed by atoms with Crippen LogP contribution in [-0.4, -0.2) is 17.9 Å². The Balaban J connectivity index is 1.99. The smallest absolute Gasteiger partial charge is 0.00467 e. The van der Waals surface area contributed by atoms with Crippen LogP contribution in [0.4, 0.5) is 0 Å². The van der Waals surface area contributed by atoms with Gasteiger partial charge in [0.1, 0.15) is 0 Å². The summed E-state index contributed by atoms with van der Waals surface area (Å²) in [5.74, 6) is 0.975. The average molecular weight is 234 g/mol. The molecule has 2 heteroatoms. The molecular weight excluding hydrogens is 214 g/mol. The highest BCUT2D eigenvalue weighted by Gasteiger charge is 2.14. The van der Waals surface area contributed by atoms with Crippen LogP contribution in [0.5, 0.6) is 0 Å². The summed E-state index contributed by atoms with van der Waals surface area (Å²) < 4.78 is 0. The first kappa shape index (κ1) is 10.5. The van der Waals surface area contributed by atoms with E-state index in [1.165, 1.54) is 38.6 Å². The second-order valence-corrected chi connectivity index (χ2v) is 4.73. The Morgan fingerprint density at radius 1 is 1.42 bits per heavy atom. The van der Waals surface area contributed by atoms with E-state index < -0.39 is 0 Å². The van der Waals surface area contributed by atoms with Crippen molar-refractivity contribution in [2.45, 2.75) is 45.1 Å². The zero-order valence-electron chi connectivity index (χ0n) is 7.98. The minimum Gasteiger partial charge on any atom is -0.314 e. The number of nitrogens with one attached hydrogen (secondary N) is 1. The summed E-state index contributed by atoms with van der Waals surface area (Å²) >= 11 is 3.46. The predicted octanol–water partition coefficient (Wildman–Crippen LogP) is 2.94. The summed E-state index contributed by atoms with van der Waals surface area (Å²) in [5, 5.41) is 4.71. The predicted molar refractivity (Wildman–Crippen MR) is 57.8 cm³/mol. The van der Waals surface area contributed by atoms with Gasteiger partial charge < -0.3 is 5.32 Å². The first-order valence-corrected chi connectivity index (χ1v) is 6.24. The molecule has 1 atom stereocenters. The van der Waals surface area contributed by atoms with Crippen LogP contribution in [0.1, 0.15) is 39.0 Å². The van der Waals surface area contributed by atoms with Crippen LogP contribution < -0.4 is 5.32 Å². The van der Waals surface area contributed by atoms with Crippen LogP contribution in [0.3, 0.4) is 0 Å². The number of hydrogen-bond acceptors (Lipinski definition) is 1. The Hall–Kier alpha value is 0.440. The van der Waals surface area contributed by atoms with Crippen LogP contribution in [0, 0.1) is 5.92 Å². The lowest BCUT2D eigenvalue weighted by molar-refractivity contribution is 0.441. The van der Waals surface area contributed by atoms with Crippen molar-refractivity contribution in [2.75, 3.05) is 11.9 Å². The van der Waals surface area contributed by atoms with Gasteiger partial charge in [-0.3, -0.25) is 0 Å². The quantitative estimate of drug-likeness (QED) is 0.721. The maximum atomic E-state index is 3.60. The molecule has 0 saturated heterocycles. The summed E-state index contributed by atoms with van der Waals surface area (Å²) in [5.41, 5.74) is 0. The monoisotopic (exact) mass is 233 g/mol. The molecule has 1 unspecified atom stereocenters. The highest BCUT2D eigenvalue weighted by Crippen LogP contribution is 2.23. The normalized spacial score (nSPS) is 21.5. The number of hydrogen-bond donors (Lipinski definition) is 1. The summed E-state index contributed by atoms with van der Waals surface area (Å²) in [7, 11) is 0. The summed E-state index contributed by atoms with van der Waals surface area (Å²) in [6.07, 6.45) is 7.06. The van der Waals surface area contributed by atoms with E-state index in [0.717, 1.165) is 11.2 Å². The van der Waals surface area contributed by atoms with E-state index in [9.17, 15) is 0 Å². The second-order valence-electron chi connectivity index (χ2n) is 3.94. The van der Waals surface area contributed by atoms with E-state index >= 15 is 0 Å². The van der Waals surface area contributed by atoms with Crippen molar-refractivity contribution in [1.82, 2.24) is 5.32 Å². The molecule has 0 radical (unpaired) electrons. The van der Waals surface area contributed by atoms with Crippen molar-refractivity contribution in [1.29, 1.82) is 0 Å². The highest BCUT2D eigenvalue weighted by atomic mass is 79.9. The summed E-state index contributed by atoms with van der Waals surface area (Å²) in [4.78, 5) is 0. The zero-order valence-corrected chi connectivity index (χ0v) is 9.57. The third-order valence-corrected chi connectivity index (χ3v) is 3.23. The van der Waals surface area contributed by atoms with Gasteiger partial charge in [0.05, 0.1) is 0 Å². The first-order valence-electron chi connectivity index (χ1n) is 5.12. The van der Waals surface area contributed by atoms with Gasteiger partial charge in [-0.2, -0.15) is 0 Å². The fourth-order valence-electron chi connectivity index (χ4n) is 1.85. The highest BCUT2D eigenvalue weighted by molar-refractivity contribution is 9.09. The molecule has 0 aromatic heterocycles. The fraction of sp³-hybridized carbons (Fsp3) is 1.00. The molecule has 0 aromatic rings. The van der Waals surface area contributed by atoms with E-state index in [4.69, 9.17) is 0 Å². The molecule has 1 saturated carbocycles. The van der Waals surface area contributed by atoms with Crippen molar-refractivity contribution >= 4 is 15.9 Å². The van der Waals surface area contributed by atoms with Gasteiger partial charge in [-0.25, -0.2) is 0 Å². The van der Waals surface area contributed by atoms with E-state index in [1.807, 2.05) is 0 Å². The van der Waals surface area contributed by atoms with Crippen molar-refractivity contribution < 1.29 is 0 Å². The molecule has 1 N–H and O–H groups in total. The molecule has 1 rings (SSSR count). The van der Waals surface area contributed by atoms with Crippen LogP contribution in [0.2, 0.25) is 0 Å². The van der Waals surface area contributed by atoms with Crippen molar-refractivity contribution in [3.05, 3.63) is 0 Å². The molecular formula is C10H20BrN. The lowest BCUT2D eigenvalue weighted by Gasteiger charge is -2.15. The Morgan fingerprint density at radius 2 is 2.08 bits per heavy atom. The molecule has 1 fully saturated rings. The molecule has 1 aliphatic carbocycles. The van der Waals surface area contributed by atoms with Gasteiger partial charge >= 0.3 is 0 Å². The van der Waals surface area contributed by atoms with Gasteiger partial charge in [0.25, 0.3) is 0 Å². The van der Waals surface area contributed by atoms with Gasteiger partial charge in [-0.15, -0.1) is 0 Å². The maximum absolute atomic E-state index is 3.60. The third kappa shape index (κ3) is 3.90. The molecule has 0 heterocycles. The average Bonchev–Trinajstić information content (AvgIpc) is 2.53. The van der Waals surface area contributed by atoms with Gasteiger partial charge in [-0.05, 0) is 38.6 Å². The minimum atomic E-state index is 0.685. The summed E-state index contributed by atoms with van der Waals surface area (Å²) in [6.45, 7) is 3.52. The molecule has 0 aromatic carbocycles. The zero-order chi connectivity index (χ0) is 8.81. The summed E-state index contributed by atoms with van der Waals surface area (Å²) in [6, 6.07) is 0.685. The molecule has 12 heavy (non-hydrogen) atoms. The van der Waals surface area contributed by atoms with Crippen LogP contribution >= 0.6 is 15.9 Å². The van der Waals surface area contributed by atoms with Gasteiger partial charge in [0.2, 0.25) is 0 Å². The van der Waals surface area contributed by atoms with E-state index in [1.54, 1.807) is 0 Å². The Morgan fingerprint density at radius 3 is 2.67 bits per heavy atom. The van der Waals surface area contributed by atoms with Gasteiger partial charge in [0, 0.05) is 11.4 Å². The van der Waals surface area contributed by atoms with Crippen molar-refractivity contribution in [3.8, 4) is 0 Å². The number of rotatable bonds is 5. The van der Waals surface area contributed by atoms with Crippen LogP contribution in [-0.2, 0) is 0 Å². The molecule has 1 nitrogen and oxygen atoms in total. The van der Waals surface area contributed by atoms with Crippen LogP contribution in [0.25, 0.3) is 0 Å². The lowest BCUT2D eigenvalue weighted by Crippen LogP contribution is -2.30. The maximum Gasteiger partial charge on any atom is 0.00467 e.